The van der Waals surface area contributed by atoms with E-state index < -0.39 is 0 Å². The Balaban J connectivity index is 1.40. The van der Waals surface area contributed by atoms with Crippen LogP contribution in [0.25, 0.3) is 71.8 Å². The van der Waals surface area contributed by atoms with Gasteiger partial charge in [-0.3, -0.25) is 0 Å². The lowest BCUT2D eigenvalue weighted by Gasteiger charge is -2.14. The van der Waals surface area contributed by atoms with Crippen molar-refractivity contribution in [2.45, 2.75) is 0 Å². The first-order valence-electron chi connectivity index (χ1n) is 13.2. The molecule has 8 rings (SSSR count). The zero-order valence-corrected chi connectivity index (χ0v) is 21.4. The van der Waals surface area contributed by atoms with Crippen LogP contribution in [0.15, 0.2) is 132 Å². The van der Waals surface area contributed by atoms with E-state index in [1.54, 1.807) is 6.07 Å². The lowest BCUT2D eigenvalue weighted by atomic mass is 9.99. The van der Waals surface area contributed by atoms with Crippen LogP contribution in [0.3, 0.4) is 0 Å². The third kappa shape index (κ3) is 3.28. The first kappa shape index (κ1) is 22.3. The molecule has 0 N–H and O–H groups in total. The Kier molecular flexibility index (Phi) is 4.85. The summed E-state index contributed by atoms with van der Waals surface area (Å²) in [6.07, 6.45) is 0. The van der Waals surface area contributed by atoms with Gasteiger partial charge in [0.15, 0.2) is 0 Å². The van der Waals surface area contributed by atoms with Crippen molar-refractivity contribution < 1.29 is 4.42 Å². The van der Waals surface area contributed by atoms with E-state index in [4.69, 9.17) is 4.42 Å². The Morgan fingerprint density at radius 2 is 1.40 bits per heavy atom. The van der Waals surface area contributed by atoms with Gasteiger partial charge in [-0.25, -0.2) is 4.98 Å². The summed E-state index contributed by atoms with van der Waals surface area (Å²) in [5.74, 6) is 0. The number of pyridine rings is 1. The van der Waals surface area contributed by atoms with Gasteiger partial charge in [0.05, 0.1) is 27.8 Å². The smallest absolute Gasteiger partial charge is 0.145 e. The van der Waals surface area contributed by atoms with Crippen molar-refractivity contribution in [1.29, 1.82) is 5.26 Å². The van der Waals surface area contributed by atoms with Crippen molar-refractivity contribution in [3.8, 4) is 34.1 Å². The van der Waals surface area contributed by atoms with Crippen LogP contribution >= 0.6 is 0 Å². The molecule has 0 atom stereocenters. The molecule has 3 aromatic heterocycles. The maximum absolute atomic E-state index is 9.34. The van der Waals surface area contributed by atoms with Gasteiger partial charge in [0, 0.05) is 27.3 Å². The summed E-state index contributed by atoms with van der Waals surface area (Å²) in [4.78, 5) is 4.52. The van der Waals surface area contributed by atoms with Crippen LogP contribution in [0.4, 0.5) is 0 Å². The minimum absolute atomic E-state index is 0.408. The molecule has 40 heavy (non-hydrogen) atoms. The predicted octanol–water partition coefficient (Wildman–Crippen LogP) is 9.28. The van der Waals surface area contributed by atoms with Crippen molar-refractivity contribution in [3.05, 3.63) is 133 Å². The first-order chi connectivity index (χ1) is 19.8. The molecule has 8 aromatic rings. The second-order valence-electron chi connectivity index (χ2n) is 9.90. The summed E-state index contributed by atoms with van der Waals surface area (Å²) in [6, 6.07) is 45.7. The van der Waals surface area contributed by atoms with Crippen LogP contribution in [0.1, 0.15) is 5.69 Å². The van der Waals surface area contributed by atoms with Gasteiger partial charge in [0.25, 0.3) is 0 Å². The van der Waals surface area contributed by atoms with E-state index in [9.17, 15) is 5.26 Å². The highest BCUT2D eigenvalue weighted by Crippen LogP contribution is 2.42. The van der Waals surface area contributed by atoms with Gasteiger partial charge < -0.3 is 8.98 Å². The summed E-state index contributed by atoms with van der Waals surface area (Å²) in [5.41, 5.74) is 9.45. The quantitative estimate of drug-likeness (QED) is 0.237. The maximum atomic E-state index is 9.34. The Morgan fingerprint density at radius 1 is 0.625 bits per heavy atom. The van der Waals surface area contributed by atoms with E-state index in [0.29, 0.717) is 5.69 Å². The number of rotatable bonds is 3. The van der Waals surface area contributed by atoms with Gasteiger partial charge in [-0.1, -0.05) is 78.9 Å². The van der Waals surface area contributed by atoms with Crippen molar-refractivity contribution in [2.24, 2.45) is 0 Å². The van der Waals surface area contributed by atoms with E-state index in [2.05, 4.69) is 101 Å². The molecule has 0 aliphatic heterocycles. The monoisotopic (exact) mass is 511 g/mol. The largest absolute Gasteiger partial charge is 0.455 e. The van der Waals surface area contributed by atoms with E-state index in [0.717, 1.165) is 71.8 Å². The number of hydrogen-bond acceptors (Lipinski definition) is 3. The molecule has 0 amide bonds. The average molecular weight is 512 g/mol. The average Bonchev–Trinajstić information content (AvgIpc) is 3.57. The Hall–Kier alpha value is -5.66. The lowest BCUT2D eigenvalue weighted by Crippen LogP contribution is -1.97. The van der Waals surface area contributed by atoms with E-state index in [-0.39, 0.29) is 0 Å². The molecule has 186 valence electrons. The van der Waals surface area contributed by atoms with Gasteiger partial charge >= 0.3 is 0 Å². The molecule has 4 heteroatoms. The molecule has 0 unspecified atom stereocenters. The van der Waals surface area contributed by atoms with Gasteiger partial charge in [0.1, 0.15) is 22.9 Å². The van der Waals surface area contributed by atoms with Crippen LogP contribution in [-0.2, 0) is 0 Å². The highest BCUT2D eigenvalue weighted by atomic mass is 16.3. The predicted molar refractivity (Wildman–Crippen MR) is 161 cm³/mol. The third-order valence-electron chi connectivity index (χ3n) is 7.66. The number of nitrogens with zero attached hydrogens (tertiary/aromatic N) is 3. The van der Waals surface area contributed by atoms with E-state index in [1.807, 2.05) is 36.4 Å². The van der Waals surface area contributed by atoms with Crippen LogP contribution < -0.4 is 0 Å². The maximum Gasteiger partial charge on any atom is 0.145 e. The number of para-hydroxylation sites is 3. The Bertz CT molecular complexity index is 2300. The fourth-order valence-corrected chi connectivity index (χ4v) is 5.91. The molecular weight excluding hydrogens is 490 g/mol. The minimum Gasteiger partial charge on any atom is -0.455 e. The topological polar surface area (TPSA) is 54.8 Å². The lowest BCUT2D eigenvalue weighted by molar-refractivity contribution is 0.673. The van der Waals surface area contributed by atoms with Crippen LogP contribution in [-0.4, -0.2) is 9.55 Å². The number of hydrogen-bond donors (Lipinski definition) is 0. The number of furan rings is 1. The molecule has 0 radical (unpaired) electrons. The SMILES string of the molecule is N#Cc1cccc(-c2cccc(-c3ccccc3-n3c4ccccc4c4c5oc6ccccc6c5ccc43)c2)n1. The molecule has 3 heterocycles. The molecule has 5 aromatic carbocycles. The number of aromatic nitrogens is 2. The van der Waals surface area contributed by atoms with Crippen molar-refractivity contribution in [1.82, 2.24) is 9.55 Å². The second kappa shape index (κ2) is 8.69. The molecule has 0 bridgehead atoms. The van der Waals surface area contributed by atoms with Gasteiger partial charge in [0.2, 0.25) is 0 Å². The minimum atomic E-state index is 0.408. The molecule has 0 aliphatic carbocycles. The molecule has 0 saturated carbocycles. The van der Waals surface area contributed by atoms with E-state index in [1.165, 1.54) is 0 Å². The van der Waals surface area contributed by atoms with Crippen LogP contribution in [0, 0.1) is 11.3 Å². The molecular formula is C36H21N3O. The Labute approximate surface area is 230 Å². The first-order valence-corrected chi connectivity index (χ1v) is 13.2. The summed E-state index contributed by atoms with van der Waals surface area (Å²) >= 11 is 0. The molecule has 0 aliphatic rings. The van der Waals surface area contributed by atoms with Crippen LogP contribution in [0.5, 0.6) is 0 Å². The van der Waals surface area contributed by atoms with Crippen molar-refractivity contribution >= 4 is 43.7 Å². The fourth-order valence-electron chi connectivity index (χ4n) is 5.91. The normalized spacial score (nSPS) is 11.5. The standard InChI is InChI=1S/C36H21N3O/c37-22-25-11-8-15-30(38-25)24-10-7-9-23(21-24)26-12-1-4-16-31(26)39-32-17-5-2-14-29(32)35-33(39)20-19-28-27-13-3-6-18-34(27)40-36(28)35/h1-21H. The van der Waals surface area contributed by atoms with Crippen molar-refractivity contribution in [2.75, 3.05) is 0 Å². The molecule has 0 spiro atoms. The van der Waals surface area contributed by atoms with Gasteiger partial charge in [-0.05, 0) is 54.1 Å². The molecule has 4 nitrogen and oxygen atoms in total. The highest BCUT2D eigenvalue weighted by molar-refractivity contribution is 6.24. The highest BCUT2D eigenvalue weighted by Gasteiger charge is 2.20. The van der Waals surface area contributed by atoms with Crippen molar-refractivity contribution in [3.63, 3.8) is 0 Å². The fraction of sp³-hybridized carbons (Fsp3) is 0. The molecule has 0 fully saturated rings. The van der Waals surface area contributed by atoms with Crippen LogP contribution in [0.2, 0.25) is 0 Å². The third-order valence-corrected chi connectivity index (χ3v) is 7.66. The van der Waals surface area contributed by atoms with E-state index >= 15 is 0 Å². The zero-order valence-electron chi connectivity index (χ0n) is 21.4. The summed E-state index contributed by atoms with van der Waals surface area (Å²) in [7, 11) is 0. The second-order valence-corrected chi connectivity index (χ2v) is 9.90. The van der Waals surface area contributed by atoms with Gasteiger partial charge in [-0.15, -0.1) is 0 Å². The summed E-state index contributed by atoms with van der Waals surface area (Å²) in [5, 5.41) is 13.9. The van der Waals surface area contributed by atoms with Gasteiger partial charge in [-0.2, -0.15) is 5.26 Å². The number of fused-ring (bicyclic) bond motifs is 7. The summed E-state index contributed by atoms with van der Waals surface area (Å²) in [6.45, 7) is 0. The number of benzene rings is 5. The molecule has 0 saturated heterocycles. The summed E-state index contributed by atoms with van der Waals surface area (Å²) < 4.78 is 8.82. The Morgan fingerprint density at radius 3 is 2.33 bits per heavy atom. The zero-order chi connectivity index (χ0) is 26.6. The number of nitriles is 1.